The van der Waals surface area contributed by atoms with E-state index in [1.54, 1.807) is 0 Å². The van der Waals surface area contributed by atoms with Crippen LogP contribution in [0.3, 0.4) is 0 Å². The van der Waals surface area contributed by atoms with Gasteiger partial charge in [-0.15, -0.1) is 0 Å². The molecule has 1 aliphatic carbocycles. The fraction of sp³-hybridized carbons (Fsp3) is 0.647. The van der Waals surface area contributed by atoms with Gasteiger partial charge >= 0.3 is 0 Å². The zero-order valence-electron chi connectivity index (χ0n) is 12.7. The van der Waals surface area contributed by atoms with Gasteiger partial charge in [0.25, 0.3) is 0 Å². The van der Waals surface area contributed by atoms with Crippen LogP contribution in [0.4, 0.5) is 5.69 Å². The van der Waals surface area contributed by atoms with Crippen molar-refractivity contribution in [3.8, 4) is 0 Å². The molecule has 1 aromatic rings. The summed E-state index contributed by atoms with van der Waals surface area (Å²) in [6, 6.07) is 7.50. The smallest absolute Gasteiger partial charge is 0.0399 e. The van der Waals surface area contributed by atoms with Gasteiger partial charge in [-0.05, 0) is 63.1 Å². The molecule has 0 amide bonds. The van der Waals surface area contributed by atoms with E-state index in [1.807, 2.05) is 0 Å². The zero-order chi connectivity index (χ0) is 13.8. The van der Waals surface area contributed by atoms with E-state index in [4.69, 9.17) is 5.73 Å². The minimum atomic E-state index is 0.704. The molecule has 0 atom stereocenters. The van der Waals surface area contributed by atoms with Gasteiger partial charge in [0.15, 0.2) is 0 Å². The van der Waals surface area contributed by atoms with Crippen molar-refractivity contribution in [2.24, 2.45) is 11.7 Å². The van der Waals surface area contributed by atoms with Crippen LogP contribution in [0, 0.1) is 12.8 Å². The molecule has 2 N–H and O–H groups in total. The van der Waals surface area contributed by atoms with Gasteiger partial charge < -0.3 is 10.6 Å². The van der Waals surface area contributed by atoms with Crippen molar-refractivity contribution in [2.45, 2.75) is 52.0 Å². The lowest BCUT2D eigenvalue weighted by molar-refractivity contribution is 0.340. The molecule has 0 aromatic heterocycles. The van der Waals surface area contributed by atoms with Gasteiger partial charge in [-0.2, -0.15) is 0 Å². The molecule has 2 nitrogen and oxygen atoms in total. The topological polar surface area (TPSA) is 29.3 Å². The average Bonchev–Trinajstić information content (AvgIpc) is 2.39. The summed E-state index contributed by atoms with van der Waals surface area (Å²) in [6.07, 6.45) is 6.37. The maximum absolute atomic E-state index is 5.76. The maximum Gasteiger partial charge on any atom is 0.0399 e. The number of hydrogen-bond acceptors (Lipinski definition) is 2. The Labute approximate surface area is 118 Å². The second kappa shape index (κ2) is 6.42. The third-order valence-corrected chi connectivity index (χ3v) is 4.56. The zero-order valence-corrected chi connectivity index (χ0v) is 12.7. The lowest BCUT2D eigenvalue weighted by atomic mass is 9.86. The molecule has 106 valence electrons. The largest absolute Gasteiger partial charge is 0.371 e. The molecule has 19 heavy (non-hydrogen) atoms. The first-order chi connectivity index (χ1) is 9.11. The first-order valence-electron chi connectivity index (χ1n) is 7.64. The minimum Gasteiger partial charge on any atom is -0.371 e. The molecule has 1 aromatic carbocycles. The third-order valence-electron chi connectivity index (χ3n) is 4.56. The fourth-order valence-electron chi connectivity index (χ4n) is 3.24. The van der Waals surface area contributed by atoms with Crippen LogP contribution in [-0.2, 0) is 6.42 Å². The van der Waals surface area contributed by atoms with Gasteiger partial charge in [0.05, 0.1) is 0 Å². The second-order valence-corrected chi connectivity index (χ2v) is 6.20. The molecule has 0 unspecified atom stereocenters. The van der Waals surface area contributed by atoms with Crippen molar-refractivity contribution in [1.82, 2.24) is 0 Å². The van der Waals surface area contributed by atoms with Crippen LogP contribution in [0.15, 0.2) is 18.2 Å². The Kier molecular flexibility index (Phi) is 4.87. The highest BCUT2D eigenvalue weighted by Gasteiger charge is 2.23. The Balaban J connectivity index is 2.15. The standard InChI is InChI=1S/C17H28N2/c1-13-4-7-16(8-5-13)19(3)17-9-6-14(2)12-15(17)10-11-18/h6,9,12-13,16H,4-5,7-8,10-11,18H2,1-3H3. The van der Waals surface area contributed by atoms with Gasteiger partial charge in [-0.25, -0.2) is 0 Å². The van der Waals surface area contributed by atoms with Gasteiger partial charge in [0.2, 0.25) is 0 Å². The van der Waals surface area contributed by atoms with Crippen molar-refractivity contribution >= 4 is 5.69 Å². The number of aryl methyl sites for hydroxylation is 1. The SMILES string of the molecule is Cc1ccc(N(C)C2CCC(C)CC2)c(CCN)c1. The van der Waals surface area contributed by atoms with Gasteiger partial charge in [0, 0.05) is 18.8 Å². The number of hydrogen-bond donors (Lipinski definition) is 1. The van der Waals surface area contributed by atoms with Crippen LogP contribution in [0.25, 0.3) is 0 Å². The lowest BCUT2D eigenvalue weighted by Gasteiger charge is -2.36. The number of nitrogens with zero attached hydrogens (tertiary/aromatic N) is 1. The Morgan fingerprint density at radius 1 is 1.21 bits per heavy atom. The predicted molar refractivity (Wildman–Crippen MR) is 83.8 cm³/mol. The lowest BCUT2D eigenvalue weighted by Crippen LogP contribution is -2.35. The van der Waals surface area contributed by atoms with E-state index >= 15 is 0 Å². The molecular weight excluding hydrogens is 232 g/mol. The minimum absolute atomic E-state index is 0.704. The summed E-state index contributed by atoms with van der Waals surface area (Å²) in [7, 11) is 2.26. The number of nitrogens with two attached hydrogens (primary N) is 1. The maximum atomic E-state index is 5.76. The molecule has 0 heterocycles. The van der Waals surface area contributed by atoms with Crippen LogP contribution in [0.5, 0.6) is 0 Å². The van der Waals surface area contributed by atoms with E-state index in [0.29, 0.717) is 6.04 Å². The number of anilines is 1. The Bertz CT molecular complexity index is 406. The molecule has 1 saturated carbocycles. The van der Waals surface area contributed by atoms with Crippen molar-refractivity contribution < 1.29 is 0 Å². The molecule has 0 saturated heterocycles. The van der Waals surface area contributed by atoms with E-state index in [9.17, 15) is 0 Å². The summed E-state index contributed by atoms with van der Waals surface area (Å²) in [5.41, 5.74) is 9.88. The van der Waals surface area contributed by atoms with Crippen LogP contribution in [0.1, 0.15) is 43.7 Å². The fourth-order valence-corrected chi connectivity index (χ4v) is 3.24. The first kappa shape index (κ1) is 14.4. The summed E-state index contributed by atoms with van der Waals surface area (Å²) >= 11 is 0. The van der Waals surface area contributed by atoms with E-state index in [1.165, 1.54) is 42.5 Å². The predicted octanol–water partition coefficient (Wildman–Crippen LogP) is 3.51. The van der Waals surface area contributed by atoms with Crippen molar-refractivity contribution in [3.05, 3.63) is 29.3 Å². The Morgan fingerprint density at radius 3 is 2.53 bits per heavy atom. The monoisotopic (exact) mass is 260 g/mol. The summed E-state index contributed by atoms with van der Waals surface area (Å²) < 4.78 is 0. The van der Waals surface area contributed by atoms with Crippen LogP contribution >= 0.6 is 0 Å². The van der Waals surface area contributed by atoms with E-state index in [0.717, 1.165) is 18.9 Å². The van der Waals surface area contributed by atoms with Crippen molar-refractivity contribution in [2.75, 3.05) is 18.5 Å². The summed E-state index contributed by atoms with van der Waals surface area (Å²) in [6.45, 7) is 5.26. The van der Waals surface area contributed by atoms with E-state index in [-0.39, 0.29) is 0 Å². The van der Waals surface area contributed by atoms with Gasteiger partial charge in [-0.3, -0.25) is 0 Å². The van der Waals surface area contributed by atoms with Crippen LogP contribution in [-0.4, -0.2) is 19.6 Å². The van der Waals surface area contributed by atoms with Crippen LogP contribution in [0.2, 0.25) is 0 Å². The highest BCUT2D eigenvalue weighted by molar-refractivity contribution is 5.55. The van der Waals surface area contributed by atoms with Gasteiger partial charge in [0.1, 0.15) is 0 Å². The molecule has 0 spiro atoms. The summed E-state index contributed by atoms with van der Waals surface area (Å²) in [4.78, 5) is 2.50. The Morgan fingerprint density at radius 2 is 1.89 bits per heavy atom. The quantitative estimate of drug-likeness (QED) is 0.897. The summed E-state index contributed by atoms with van der Waals surface area (Å²) in [5.74, 6) is 0.909. The first-order valence-corrected chi connectivity index (χ1v) is 7.64. The second-order valence-electron chi connectivity index (χ2n) is 6.20. The highest BCUT2D eigenvalue weighted by Crippen LogP contribution is 2.31. The average molecular weight is 260 g/mol. The molecule has 0 aliphatic heterocycles. The molecule has 1 fully saturated rings. The number of benzene rings is 1. The molecule has 1 aliphatic rings. The summed E-state index contributed by atoms with van der Waals surface area (Å²) in [5, 5.41) is 0. The van der Waals surface area contributed by atoms with Crippen molar-refractivity contribution in [1.29, 1.82) is 0 Å². The number of rotatable bonds is 4. The Hall–Kier alpha value is -1.02. The molecule has 2 heteroatoms. The van der Waals surface area contributed by atoms with Gasteiger partial charge in [-0.1, -0.05) is 24.6 Å². The van der Waals surface area contributed by atoms with Crippen molar-refractivity contribution in [3.63, 3.8) is 0 Å². The molecular formula is C17H28N2. The molecule has 0 radical (unpaired) electrons. The van der Waals surface area contributed by atoms with E-state index in [2.05, 4.69) is 44.0 Å². The third kappa shape index (κ3) is 3.50. The van der Waals surface area contributed by atoms with Crippen LogP contribution < -0.4 is 10.6 Å². The normalized spacial score (nSPS) is 23.4. The highest BCUT2D eigenvalue weighted by atomic mass is 15.1. The van der Waals surface area contributed by atoms with E-state index < -0.39 is 0 Å². The molecule has 0 bridgehead atoms. The molecule has 2 rings (SSSR count).